The zero-order chi connectivity index (χ0) is 11.4. The zero-order valence-corrected chi connectivity index (χ0v) is 10.8. The highest BCUT2D eigenvalue weighted by atomic mass is 15.3. The van der Waals surface area contributed by atoms with Crippen molar-refractivity contribution in [2.45, 2.75) is 13.0 Å². The van der Waals surface area contributed by atoms with Gasteiger partial charge in [0, 0.05) is 58.4 Å². The number of nitrogens with one attached hydrogen (secondary N) is 1. The minimum Gasteiger partial charge on any atom is -0.314 e. The van der Waals surface area contributed by atoms with Gasteiger partial charge in [-0.05, 0) is 13.6 Å². The monoisotopic (exact) mass is 226 g/mol. The second kappa shape index (κ2) is 5.96. The smallest absolute Gasteiger partial charge is 0.0345 e. The molecule has 1 unspecified atom stereocenters. The van der Waals surface area contributed by atoms with E-state index in [0.29, 0.717) is 6.04 Å². The molecule has 0 aromatic heterocycles. The molecule has 1 N–H and O–H groups in total. The van der Waals surface area contributed by atoms with Gasteiger partial charge in [-0.3, -0.25) is 9.80 Å². The molecule has 2 fully saturated rings. The van der Waals surface area contributed by atoms with Crippen LogP contribution in [0.1, 0.15) is 6.92 Å². The van der Waals surface area contributed by atoms with Crippen LogP contribution in [-0.4, -0.2) is 86.7 Å². The van der Waals surface area contributed by atoms with Crippen LogP contribution in [0.3, 0.4) is 0 Å². The highest BCUT2D eigenvalue weighted by molar-refractivity contribution is 4.82. The summed E-state index contributed by atoms with van der Waals surface area (Å²) < 4.78 is 0. The number of hydrogen-bond acceptors (Lipinski definition) is 4. The van der Waals surface area contributed by atoms with Crippen LogP contribution in [0.2, 0.25) is 0 Å². The van der Waals surface area contributed by atoms with Gasteiger partial charge < -0.3 is 10.2 Å². The first kappa shape index (κ1) is 12.3. The normalized spacial score (nSPS) is 30.8. The molecule has 0 amide bonds. The molecule has 0 aromatic rings. The lowest BCUT2D eigenvalue weighted by atomic mass is 10.1. The van der Waals surface area contributed by atoms with Gasteiger partial charge in [-0.25, -0.2) is 0 Å². The molecule has 1 atom stereocenters. The minimum absolute atomic E-state index is 0.710. The van der Waals surface area contributed by atoms with Gasteiger partial charge in [-0.15, -0.1) is 0 Å². The molecule has 0 bridgehead atoms. The molecule has 0 aromatic carbocycles. The maximum atomic E-state index is 3.50. The molecular formula is C12H26N4. The third-order valence-corrected chi connectivity index (χ3v) is 4.03. The van der Waals surface area contributed by atoms with Crippen molar-refractivity contribution in [3.8, 4) is 0 Å². The number of hydrogen-bond donors (Lipinski definition) is 1. The van der Waals surface area contributed by atoms with Crippen molar-refractivity contribution >= 4 is 0 Å². The molecule has 94 valence electrons. The molecule has 0 saturated carbocycles. The number of nitrogens with zero attached hydrogens (tertiary/aromatic N) is 3. The van der Waals surface area contributed by atoms with E-state index in [1.54, 1.807) is 0 Å². The van der Waals surface area contributed by atoms with Crippen LogP contribution >= 0.6 is 0 Å². The molecule has 4 heteroatoms. The van der Waals surface area contributed by atoms with Gasteiger partial charge in [0.1, 0.15) is 0 Å². The molecule has 2 heterocycles. The van der Waals surface area contributed by atoms with Crippen molar-refractivity contribution in [2.24, 2.45) is 0 Å². The van der Waals surface area contributed by atoms with Gasteiger partial charge in [-0.1, -0.05) is 6.92 Å². The quantitative estimate of drug-likeness (QED) is 0.702. The first-order valence-electron chi connectivity index (χ1n) is 6.65. The Hall–Kier alpha value is -0.160. The van der Waals surface area contributed by atoms with Gasteiger partial charge in [0.2, 0.25) is 0 Å². The topological polar surface area (TPSA) is 21.8 Å². The molecule has 0 spiro atoms. The summed E-state index contributed by atoms with van der Waals surface area (Å²) in [7, 11) is 2.26. The molecule has 2 aliphatic rings. The SMILES string of the molecule is CCN1CCN(CC2CNCCN2C)CC1. The van der Waals surface area contributed by atoms with Crippen molar-refractivity contribution < 1.29 is 0 Å². The predicted octanol–water partition coefficient (Wildman–Crippen LogP) is -0.472. The Morgan fingerprint density at radius 3 is 2.38 bits per heavy atom. The Kier molecular flexibility index (Phi) is 4.58. The van der Waals surface area contributed by atoms with E-state index in [0.717, 1.165) is 13.1 Å². The number of piperazine rings is 2. The van der Waals surface area contributed by atoms with Gasteiger partial charge in [-0.2, -0.15) is 0 Å². The van der Waals surface area contributed by atoms with E-state index >= 15 is 0 Å². The highest BCUT2D eigenvalue weighted by Gasteiger charge is 2.23. The van der Waals surface area contributed by atoms with E-state index in [1.807, 2.05) is 0 Å². The molecule has 0 aliphatic carbocycles. The molecule has 0 radical (unpaired) electrons. The molecule has 16 heavy (non-hydrogen) atoms. The summed E-state index contributed by atoms with van der Waals surface area (Å²) in [5.41, 5.74) is 0. The Labute approximate surface area is 99.6 Å². The van der Waals surface area contributed by atoms with Crippen molar-refractivity contribution in [1.29, 1.82) is 0 Å². The lowest BCUT2D eigenvalue weighted by Crippen LogP contribution is -2.56. The summed E-state index contributed by atoms with van der Waals surface area (Å²) in [5.74, 6) is 0. The summed E-state index contributed by atoms with van der Waals surface area (Å²) in [6, 6.07) is 0.710. The van der Waals surface area contributed by atoms with Crippen molar-refractivity contribution in [2.75, 3.05) is 66.0 Å². The predicted molar refractivity (Wildman–Crippen MR) is 67.8 cm³/mol. The second-order valence-electron chi connectivity index (χ2n) is 5.07. The van der Waals surface area contributed by atoms with Crippen LogP contribution in [-0.2, 0) is 0 Å². The fraction of sp³-hybridized carbons (Fsp3) is 1.00. The fourth-order valence-corrected chi connectivity index (χ4v) is 2.65. The summed E-state index contributed by atoms with van der Waals surface area (Å²) >= 11 is 0. The molecule has 2 saturated heterocycles. The van der Waals surface area contributed by atoms with E-state index in [2.05, 4.69) is 34.0 Å². The fourth-order valence-electron chi connectivity index (χ4n) is 2.65. The second-order valence-corrected chi connectivity index (χ2v) is 5.07. The lowest BCUT2D eigenvalue weighted by Gasteiger charge is -2.40. The van der Waals surface area contributed by atoms with E-state index in [9.17, 15) is 0 Å². The van der Waals surface area contributed by atoms with Crippen LogP contribution in [0.4, 0.5) is 0 Å². The maximum absolute atomic E-state index is 3.50. The van der Waals surface area contributed by atoms with Crippen LogP contribution in [0.5, 0.6) is 0 Å². The number of rotatable bonds is 3. The molecule has 2 rings (SSSR count). The van der Waals surface area contributed by atoms with Gasteiger partial charge in [0.25, 0.3) is 0 Å². The van der Waals surface area contributed by atoms with Crippen molar-refractivity contribution in [1.82, 2.24) is 20.0 Å². The Morgan fingerprint density at radius 2 is 1.75 bits per heavy atom. The van der Waals surface area contributed by atoms with Crippen LogP contribution in [0.15, 0.2) is 0 Å². The summed E-state index contributed by atoms with van der Waals surface area (Å²) in [5, 5.41) is 3.50. The first-order chi connectivity index (χ1) is 7.79. The Bertz CT molecular complexity index is 201. The molecule has 2 aliphatic heterocycles. The Morgan fingerprint density at radius 1 is 1.06 bits per heavy atom. The molecule has 4 nitrogen and oxygen atoms in total. The standard InChI is InChI=1S/C12H26N4/c1-3-15-6-8-16(9-7-15)11-12-10-13-4-5-14(12)2/h12-13H,3-11H2,1-2H3. The van der Waals surface area contributed by atoms with E-state index in [-0.39, 0.29) is 0 Å². The summed E-state index contributed by atoms with van der Waals surface area (Å²) in [6.07, 6.45) is 0. The van der Waals surface area contributed by atoms with E-state index in [1.165, 1.54) is 45.8 Å². The third kappa shape index (κ3) is 3.17. The third-order valence-electron chi connectivity index (χ3n) is 4.03. The average Bonchev–Trinajstić information content (AvgIpc) is 2.33. The average molecular weight is 226 g/mol. The number of likely N-dealkylation sites (N-methyl/N-ethyl adjacent to an activating group) is 2. The first-order valence-corrected chi connectivity index (χ1v) is 6.65. The maximum Gasteiger partial charge on any atom is 0.0345 e. The Balaban J connectivity index is 1.73. The van der Waals surface area contributed by atoms with Crippen LogP contribution in [0.25, 0.3) is 0 Å². The van der Waals surface area contributed by atoms with E-state index in [4.69, 9.17) is 0 Å². The molecular weight excluding hydrogens is 200 g/mol. The minimum atomic E-state index is 0.710. The van der Waals surface area contributed by atoms with Crippen molar-refractivity contribution in [3.63, 3.8) is 0 Å². The zero-order valence-electron chi connectivity index (χ0n) is 10.8. The lowest BCUT2D eigenvalue weighted by molar-refractivity contribution is 0.0921. The van der Waals surface area contributed by atoms with Gasteiger partial charge in [0.05, 0.1) is 0 Å². The van der Waals surface area contributed by atoms with Crippen LogP contribution < -0.4 is 5.32 Å². The summed E-state index contributed by atoms with van der Waals surface area (Å²) in [4.78, 5) is 7.67. The van der Waals surface area contributed by atoms with Crippen LogP contribution in [0, 0.1) is 0 Å². The summed E-state index contributed by atoms with van der Waals surface area (Å²) in [6.45, 7) is 13.2. The largest absolute Gasteiger partial charge is 0.314 e. The van der Waals surface area contributed by atoms with Gasteiger partial charge in [0.15, 0.2) is 0 Å². The highest BCUT2D eigenvalue weighted by Crippen LogP contribution is 2.06. The van der Waals surface area contributed by atoms with Gasteiger partial charge >= 0.3 is 0 Å². The van der Waals surface area contributed by atoms with E-state index < -0.39 is 0 Å². The van der Waals surface area contributed by atoms with Crippen molar-refractivity contribution in [3.05, 3.63) is 0 Å².